The quantitative estimate of drug-likeness (QED) is 0.863. The molecule has 94 valence electrons. The minimum atomic E-state index is -0.0737. The van der Waals surface area contributed by atoms with Crippen LogP contribution in [0.1, 0.15) is 31.7 Å². The van der Waals surface area contributed by atoms with Crippen LogP contribution in [-0.2, 0) is 6.42 Å². The molecule has 0 saturated carbocycles. The molecule has 1 aromatic rings. The van der Waals surface area contributed by atoms with Crippen molar-refractivity contribution in [3.63, 3.8) is 0 Å². The molecule has 2 rings (SSSR count). The zero-order valence-corrected chi connectivity index (χ0v) is 10.7. The molecule has 1 aliphatic heterocycles. The lowest BCUT2D eigenvalue weighted by molar-refractivity contribution is 0.0479. The number of hydrogen-bond acceptors (Lipinski definition) is 2. The molecule has 1 fully saturated rings. The number of aryl methyl sites for hydroxylation is 1. The van der Waals surface area contributed by atoms with Crippen LogP contribution in [0.4, 0.5) is 0 Å². The Labute approximate surface area is 104 Å². The molecule has 0 spiro atoms. The summed E-state index contributed by atoms with van der Waals surface area (Å²) < 4.78 is 0. The third-order valence-corrected chi connectivity index (χ3v) is 3.74. The van der Waals surface area contributed by atoms with Gasteiger partial charge in [-0.05, 0) is 44.7 Å². The molecule has 0 aromatic heterocycles. The van der Waals surface area contributed by atoms with E-state index in [2.05, 4.69) is 42.2 Å². The Morgan fingerprint density at radius 3 is 2.76 bits per heavy atom. The molecule has 17 heavy (non-hydrogen) atoms. The number of aliphatic hydroxyl groups is 1. The van der Waals surface area contributed by atoms with Crippen molar-refractivity contribution in [1.29, 1.82) is 0 Å². The van der Waals surface area contributed by atoms with Gasteiger partial charge in [0.05, 0.1) is 6.10 Å². The highest BCUT2D eigenvalue weighted by molar-refractivity contribution is 5.14. The second kappa shape index (κ2) is 6.18. The van der Waals surface area contributed by atoms with Gasteiger partial charge in [-0.1, -0.05) is 30.3 Å². The van der Waals surface area contributed by atoms with E-state index in [0.717, 1.165) is 32.4 Å². The fourth-order valence-corrected chi connectivity index (χ4v) is 2.66. The highest BCUT2D eigenvalue weighted by Gasteiger charge is 2.23. The largest absolute Gasteiger partial charge is 0.393 e. The number of aliphatic hydroxyl groups excluding tert-OH is 1. The minimum Gasteiger partial charge on any atom is -0.393 e. The Balaban J connectivity index is 1.72. The first-order chi connectivity index (χ1) is 8.25. The van der Waals surface area contributed by atoms with E-state index in [0.29, 0.717) is 6.04 Å². The van der Waals surface area contributed by atoms with Crippen LogP contribution in [0.5, 0.6) is 0 Å². The Morgan fingerprint density at radius 2 is 2.06 bits per heavy atom. The summed E-state index contributed by atoms with van der Waals surface area (Å²) in [6.45, 7) is 4.44. The van der Waals surface area contributed by atoms with Crippen LogP contribution in [0.15, 0.2) is 30.3 Å². The van der Waals surface area contributed by atoms with Gasteiger partial charge in [0.15, 0.2) is 0 Å². The molecular formula is C15H23NO. The highest BCUT2D eigenvalue weighted by atomic mass is 16.3. The lowest BCUT2D eigenvalue weighted by Gasteiger charge is -2.35. The highest BCUT2D eigenvalue weighted by Crippen LogP contribution is 2.17. The lowest BCUT2D eigenvalue weighted by atomic mass is 10.00. The van der Waals surface area contributed by atoms with Crippen molar-refractivity contribution in [1.82, 2.24) is 4.90 Å². The molecule has 0 amide bonds. The maximum absolute atomic E-state index is 9.57. The smallest absolute Gasteiger partial charge is 0.0567 e. The maximum atomic E-state index is 9.57. The SMILES string of the molecule is CC1CC(O)CCN1CCCc1ccccc1. The Kier molecular flexibility index (Phi) is 4.57. The summed E-state index contributed by atoms with van der Waals surface area (Å²) in [4.78, 5) is 2.51. The number of piperidine rings is 1. The number of nitrogens with zero attached hydrogens (tertiary/aromatic N) is 1. The van der Waals surface area contributed by atoms with Crippen LogP contribution >= 0.6 is 0 Å². The van der Waals surface area contributed by atoms with E-state index < -0.39 is 0 Å². The van der Waals surface area contributed by atoms with Crippen molar-refractivity contribution in [2.75, 3.05) is 13.1 Å². The van der Waals surface area contributed by atoms with Crippen molar-refractivity contribution in [2.45, 2.75) is 44.8 Å². The fourth-order valence-electron chi connectivity index (χ4n) is 2.66. The zero-order valence-electron chi connectivity index (χ0n) is 10.7. The van der Waals surface area contributed by atoms with Gasteiger partial charge in [0, 0.05) is 12.6 Å². The second-order valence-corrected chi connectivity index (χ2v) is 5.15. The summed E-state index contributed by atoms with van der Waals surface area (Å²) in [6.07, 6.45) is 4.17. The summed E-state index contributed by atoms with van der Waals surface area (Å²) >= 11 is 0. The average Bonchev–Trinajstić information content (AvgIpc) is 2.33. The molecule has 1 N–H and O–H groups in total. The van der Waals surface area contributed by atoms with Crippen molar-refractivity contribution >= 4 is 0 Å². The van der Waals surface area contributed by atoms with Crippen molar-refractivity contribution in [3.8, 4) is 0 Å². The van der Waals surface area contributed by atoms with E-state index in [4.69, 9.17) is 0 Å². The topological polar surface area (TPSA) is 23.5 Å². The number of rotatable bonds is 4. The van der Waals surface area contributed by atoms with Crippen LogP contribution in [0.2, 0.25) is 0 Å². The molecule has 2 nitrogen and oxygen atoms in total. The lowest BCUT2D eigenvalue weighted by Crippen LogP contribution is -2.43. The van der Waals surface area contributed by atoms with E-state index in [1.807, 2.05) is 0 Å². The van der Waals surface area contributed by atoms with Crippen molar-refractivity contribution in [2.24, 2.45) is 0 Å². The van der Waals surface area contributed by atoms with E-state index in [-0.39, 0.29) is 6.10 Å². The average molecular weight is 233 g/mol. The molecule has 0 radical (unpaired) electrons. The van der Waals surface area contributed by atoms with Gasteiger partial charge >= 0.3 is 0 Å². The molecule has 1 aliphatic rings. The van der Waals surface area contributed by atoms with E-state index in [1.54, 1.807) is 0 Å². The molecular weight excluding hydrogens is 210 g/mol. The van der Waals surface area contributed by atoms with Gasteiger partial charge < -0.3 is 10.0 Å². The van der Waals surface area contributed by atoms with E-state index in [1.165, 1.54) is 12.0 Å². The third-order valence-electron chi connectivity index (χ3n) is 3.74. The molecule has 1 aromatic carbocycles. The summed E-state index contributed by atoms with van der Waals surface area (Å²) in [5, 5.41) is 9.57. The number of likely N-dealkylation sites (tertiary alicyclic amines) is 1. The monoisotopic (exact) mass is 233 g/mol. The third kappa shape index (κ3) is 3.83. The summed E-state index contributed by atoms with van der Waals surface area (Å²) in [7, 11) is 0. The van der Waals surface area contributed by atoms with Gasteiger partial charge in [-0.3, -0.25) is 0 Å². The number of benzene rings is 1. The molecule has 2 atom stereocenters. The van der Waals surface area contributed by atoms with Gasteiger partial charge in [0.25, 0.3) is 0 Å². The Bertz CT molecular complexity index is 325. The van der Waals surface area contributed by atoms with Crippen LogP contribution in [0.3, 0.4) is 0 Å². The number of hydrogen-bond donors (Lipinski definition) is 1. The van der Waals surface area contributed by atoms with Crippen LogP contribution < -0.4 is 0 Å². The molecule has 1 heterocycles. The molecule has 1 saturated heterocycles. The van der Waals surface area contributed by atoms with Crippen molar-refractivity contribution < 1.29 is 5.11 Å². The second-order valence-electron chi connectivity index (χ2n) is 5.15. The predicted molar refractivity (Wildman–Crippen MR) is 71.0 cm³/mol. The fraction of sp³-hybridized carbons (Fsp3) is 0.600. The van der Waals surface area contributed by atoms with Gasteiger partial charge in [-0.25, -0.2) is 0 Å². The first-order valence-electron chi connectivity index (χ1n) is 6.72. The molecule has 2 unspecified atom stereocenters. The van der Waals surface area contributed by atoms with Crippen LogP contribution in [0.25, 0.3) is 0 Å². The summed E-state index contributed by atoms with van der Waals surface area (Å²) in [5.41, 5.74) is 1.43. The molecule has 2 heteroatoms. The first kappa shape index (κ1) is 12.6. The van der Waals surface area contributed by atoms with Crippen LogP contribution in [0, 0.1) is 0 Å². The van der Waals surface area contributed by atoms with Gasteiger partial charge in [0.2, 0.25) is 0 Å². The van der Waals surface area contributed by atoms with Gasteiger partial charge in [0.1, 0.15) is 0 Å². The first-order valence-corrected chi connectivity index (χ1v) is 6.72. The van der Waals surface area contributed by atoms with E-state index >= 15 is 0 Å². The summed E-state index contributed by atoms with van der Waals surface area (Å²) in [6, 6.07) is 11.2. The Hall–Kier alpha value is -0.860. The molecule has 0 bridgehead atoms. The maximum Gasteiger partial charge on any atom is 0.0567 e. The van der Waals surface area contributed by atoms with Crippen molar-refractivity contribution in [3.05, 3.63) is 35.9 Å². The standard InChI is InChI=1S/C15H23NO/c1-13-12-15(17)9-11-16(13)10-5-8-14-6-3-2-4-7-14/h2-4,6-7,13,15,17H,5,8-12H2,1H3. The minimum absolute atomic E-state index is 0.0737. The van der Waals surface area contributed by atoms with Gasteiger partial charge in [-0.15, -0.1) is 0 Å². The zero-order chi connectivity index (χ0) is 12.1. The molecule has 0 aliphatic carbocycles. The van der Waals surface area contributed by atoms with E-state index in [9.17, 15) is 5.11 Å². The van der Waals surface area contributed by atoms with Crippen LogP contribution in [-0.4, -0.2) is 35.2 Å². The van der Waals surface area contributed by atoms with Gasteiger partial charge in [-0.2, -0.15) is 0 Å². The summed E-state index contributed by atoms with van der Waals surface area (Å²) in [5.74, 6) is 0. The Morgan fingerprint density at radius 1 is 1.29 bits per heavy atom. The predicted octanol–water partition coefficient (Wildman–Crippen LogP) is 2.46. The normalized spacial score (nSPS) is 26.0.